The summed E-state index contributed by atoms with van der Waals surface area (Å²) in [4.78, 5) is 16.7. The highest BCUT2D eigenvalue weighted by Crippen LogP contribution is 2.32. The number of hydrogen-bond donors (Lipinski definition) is 3. The number of benzene rings is 1. The molecule has 7 nitrogen and oxygen atoms in total. The predicted octanol–water partition coefficient (Wildman–Crippen LogP) is 4.65. The molecule has 1 aromatic carbocycles. The first-order valence-electron chi connectivity index (χ1n) is 10.9. The minimum Gasteiger partial charge on any atom is -0.390 e. The Morgan fingerprint density at radius 3 is 2.81 bits per heavy atom. The average molecular weight is 440 g/mol. The second-order valence-electron chi connectivity index (χ2n) is 8.94. The van der Waals surface area contributed by atoms with Crippen molar-refractivity contribution in [1.29, 1.82) is 0 Å². The topological polar surface area (TPSA) is 91.7 Å². The van der Waals surface area contributed by atoms with E-state index in [2.05, 4.69) is 25.3 Å². The quantitative estimate of drug-likeness (QED) is 0.420. The molecular formula is C23H26F2N6O. The summed E-state index contributed by atoms with van der Waals surface area (Å²) in [5.74, 6) is 1.12. The number of rotatable bonds is 5. The molecule has 0 radical (unpaired) electrons. The number of aryl methyl sites for hydroxylation is 1. The molecule has 1 fully saturated rings. The van der Waals surface area contributed by atoms with E-state index in [0.717, 1.165) is 42.2 Å². The number of nitrogens with one attached hydrogen (secondary N) is 2. The maximum atomic E-state index is 13.0. The summed E-state index contributed by atoms with van der Waals surface area (Å²) in [5.41, 5.74) is 3.30. The Kier molecular flexibility index (Phi) is 5.08. The van der Waals surface area contributed by atoms with Crippen molar-refractivity contribution in [2.24, 2.45) is 0 Å². The number of aliphatic hydroxyl groups is 1. The van der Waals surface area contributed by atoms with Crippen molar-refractivity contribution in [3.05, 3.63) is 36.4 Å². The molecule has 1 saturated carbocycles. The third-order valence-corrected chi connectivity index (χ3v) is 6.40. The lowest BCUT2D eigenvalue weighted by molar-refractivity contribution is 0.0195. The van der Waals surface area contributed by atoms with Crippen LogP contribution in [0.5, 0.6) is 0 Å². The number of nitrogens with zero attached hydrogens (tertiary/aromatic N) is 4. The lowest BCUT2D eigenvalue weighted by atomic mass is 9.84. The molecule has 0 bridgehead atoms. The van der Waals surface area contributed by atoms with Crippen LogP contribution in [0.1, 0.15) is 38.4 Å². The summed E-state index contributed by atoms with van der Waals surface area (Å²) in [6, 6.07) is 5.92. The van der Waals surface area contributed by atoms with Gasteiger partial charge in [-0.05, 0) is 57.2 Å². The maximum Gasteiger partial charge on any atom is 0.256 e. The van der Waals surface area contributed by atoms with Crippen LogP contribution in [0.3, 0.4) is 0 Å². The van der Waals surface area contributed by atoms with Crippen LogP contribution < -0.4 is 5.32 Å². The third-order valence-electron chi connectivity index (χ3n) is 6.40. The average Bonchev–Trinajstić information content (AvgIpc) is 3.29. The summed E-state index contributed by atoms with van der Waals surface area (Å²) >= 11 is 0. The molecule has 1 aliphatic rings. The molecule has 1 aliphatic carbocycles. The predicted molar refractivity (Wildman–Crippen MR) is 120 cm³/mol. The number of imidazole rings is 1. The zero-order chi connectivity index (χ0) is 22.5. The van der Waals surface area contributed by atoms with E-state index in [9.17, 15) is 13.9 Å². The molecule has 0 unspecified atom stereocenters. The number of H-pyrrole nitrogens is 1. The molecule has 3 N–H and O–H groups in total. The van der Waals surface area contributed by atoms with Crippen molar-refractivity contribution in [2.45, 2.75) is 64.1 Å². The van der Waals surface area contributed by atoms with Gasteiger partial charge in [0, 0.05) is 29.4 Å². The molecule has 0 amide bonds. The number of aromatic amines is 1. The Morgan fingerprint density at radius 2 is 2.06 bits per heavy atom. The van der Waals surface area contributed by atoms with Gasteiger partial charge in [0.2, 0.25) is 5.95 Å². The van der Waals surface area contributed by atoms with Crippen LogP contribution in [0, 0.1) is 6.92 Å². The molecular weight excluding hydrogens is 414 g/mol. The highest BCUT2D eigenvalue weighted by Gasteiger charge is 2.29. The van der Waals surface area contributed by atoms with Crippen molar-refractivity contribution >= 4 is 28.0 Å². The first-order valence-corrected chi connectivity index (χ1v) is 10.9. The fourth-order valence-electron chi connectivity index (χ4n) is 4.56. The molecule has 9 heteroatoms. The van der Waals surface area contributed by atoms with E-state index in [0.29, 0.717) is 28.5 Å². The monoisotopic (exact) mass is 440 g/mol. The molecule has 3 aromatic heterocycles. The van der Waals surface area contributed by atoms with Crippen LogP contribution in [0.25, 0.3) is 33.2 Å². The Bertz CT molecular complexity index is 1270. The summed E-state index contributed by atoms with van der Waals surface area (Å²) in [6.45, 7) is 3.24. The van der Waals surface area contributed by atoms with Gasteiger partial charge in [-0.2, -0.15) is 4.98 Å². The van der Waals surface area contributed by atoms with Gasteiger partial charge in [0.1, 0.15) is 11.5 Å². The van der Waals surface area contributed by atoms with Crippen molar-refractivity contribution in [3.8, 4) is 11.1 Å². The largest absolute Gasteiger partial charge is 0.390 e. The highest BCUT2D eigenvalue weighted by atomic mass is 19.3. The van der Waals surface area contributed by atoms with Crippen LogP contribution in [0.4, 0.5) is 14.7 Å². The van der Waals surface area contributed by atoms with Crippen LogP contribution in [-0.2, 0) is 6.54 Å². The number of halogens is 2. The lowest BCUT2D eigenvalue weighted by Crippen LogP contribution is -2.36. The van der Waals surface area contributed by atoms with Crippen LogP contribution in [-0.4, -0.2) is 47.7 Å². The molecule has 3 heterocycles. The number of hydrogen-bond acceptors (Lipinski definition) is 5. The van der Waals surface area contributed by atoms with E-state index in [-0.39, 0.29) is 12.6 Å². The van der Waals surface area contributed by atoms with Gasteiger partial charge in [-0.1, -0.05) is 6.07 Å². The number of alkyl halides is 2. The van der Waals surface area contributed by atoms with Crippen LogP contribution >= 0.6 is 0 Å². The Morgan fingerprint density at radius 1 is 1.28 bits per heavy atom. The SMILES string of the molecule is Cc1nc2ccc(-c3c[nH]c4nc(N[C@H]5CC[C@](C)(O)CC5)ncc34)cc2n1CC(F)F. The summed E-state index contributed by atoms with van der Waals surface area (Å²) in [5, 5.41) is 14.4. The number of anilines is 1. The zero-order valence-corrected chi connectivity index (χ0v) is 18.1. The minimum absolute atomic E-state index is 0.239. The van der Waals surface area contributed by atoms with Crippen molar-refractivity contribution in [3.63, 3.8) is 0 Å². The first kappa shape index (κ1) is 20.8. The number of fused-ring (bicyclic) bond motifs is 2. The fraction of sp³-hybridized carbons (Fsp3) is 0.435. The molecule has 168 valence electrons. The highest BCUT2D eigenvalue weighted by molar-refractivity contribution is 5.95. The minimum atomic E-state index is -2.45. The smallest absolute Gasteiger partial charge is 0.256 e. The maximum absolute atomic E-state index is 13.0. The Labute approximate surface area is 183 Å². The Hall–Kier alpha value is -3.07. The second kappa shape index (κ2) is 7.81. The first-order chi connectivity index (χ1) is 15.3. The van der Waals surface area contributed by atoms with E-state index in [4.69, 9.17) is 0 Å². The van der Waals surface area contributed by atoms with Crippen molar-refractivity contribution in [2.75, 3.05) is 5.32 Å². The van der Waals surface area contributed by atoms with Gasteiger partial charge in [-0.3, -0.25) is 0 Å². The van der Waals surface area contributed by atoms with E-state index in [1.54, 1.807) is 17.7 Å². The van der Waals surface area contributed by atoms with Gasteiger partial charge >= 0.3 is 0 Å². The summed E-state index contributed by atoms with van der Waals surface area (Å²) in [7, 11) is 0. The van der Waals surface area contributed by atoms with Gasteiger partial charge in [-0.25, -0.2) is 18.7 Å². The van der Waals surface area contributed by atoms with Gasteiger partial charge in [0.25, 0.3) is 6.43 Å². The molecule has 0 atom stereocenters. The second-order valence-corrected chi connectivity index (χ2v) is 8.94. The van der Waals surface area contributed by atoms with Gasteiger partial charge in [0.15, 0.2) is 0 Å². The van der Waals surface area contributed by atoms with Crippen molar-refractivity contribution < 1.29 is 13.9 Å². The summed E-state index contributed by atoms with van der Waals surface area (Å²) in [6.07, 6.45) is 4.45. The van der Waals surface area contributed by atoms with Gasteiger partial charge < -0.3 is 20.0 Å². The normalized spacial score (nSPS) is 21.6. The van der Waals surface area contributed by atoms with E-state index >= 15 is 0 Å². The lowest BCUT2D eigenvalue weighted by Gasteiger charge is -2.33. The molecule has 0 aliphatic heterocycles. The Balaban J connectivity index is 1.43. The molecule has 0 spiro atoms. The van der Waals surface area contributed by atoms with Crippen LogP contribution in [0.2, 0.25) is 0 Å². The van der Waals surface area contributed by atoms with E-state index < -0.39 is 12.0 Å². The standard InChI is InChI=1S/C23H26F2N6O/c1-13-28-18-4-3-14(9-19(18)31(13)12-20(24)25)16-10-26-21-17(16)11-27-22(30-21)29-15-5-7-23(2,32)8-6-15/h3-4,9-11,15,20,32H,5-8,12H2,1-2H3,(H2,26,27,29,30)/t15-,23-. The molecule has 32 heavy (non-hydrogen) atoms. The molecule has 4 aromatic rings. The molecule has 5 rings (SSSR count). The van der Waals surface area contributed by atoms with E-state index in [1.807, 2.05) is 31.3 Å². The van der Waals surface area contributed by atoms with Gasteiger partial charge in [-0.15, -0.1) is 0 Å². The van der Waals surface area contributed by atoms with Gasteiger partial charge in [0.05, 0.1) is 23.2 Å². The van der Waals surface area contributed by atoms with Crippen LogP contribution in [0.15, 0.2) is 30.6 Å². The summed E-state index contributed by atoms with van der Waals surface area (Å²) < 4.78 is 27.6. The number of aromatic nitrogens is 5. The molecule has 0 saturated heterocycles. The van der Waals surface area contributed by atoms with Crippen molar-refractivity contribution in [1.82, 2.24) is 24.5 Å². The third kappa shape index (κ3) is 3.92. The zero-order valence-electron chi connectivity index (χ0n) is 18.1. The fourth-order valence-corrected chi connectivity index (χ4v) is 4.56. The van der Waals surface area contributed by atoms with E-state index in [1.165, 1.54) is 0 Å².